The Morgan fingerprint density at radius 1 is 0.923 bits per heavy atom. The molecular weight excluding hydrogens is 324 g/mol. The van der Waals surface area contributed by atoms with Crippen LogP contribution in [0.5, 0.6) is 0 Å². The van der Waals surface area contributed by atoms with Gasteiger partial charge in [-0.2, -0.15) is 0 Å². The van der Waals surface area contributed by atoms with Crippen molar-refractivity contribution in [2.45, 2.75) is 83.5 Å². The van der Waals surface area contributed by atoms with E-state index in [0.29, 0.717) is 18.4 Å². The molecule has 1 spiro atoms. The number of carbonyl (C=O) groups is 2. The molecule has 0 N–H and O–H groups in total. The maximum absolute atomic E-state index is 13.3. The summed E-state index contributed by atoms with van der Waals surface area (Å²) in [7, 11) is 0. The van der Waals surface area contributed by atoms with E-state index in [1.54, 1.807) is 0 Å². The van der Waals surface area contributed by atoms with Gasteiger partial charge in [0, 0.05) is 32.1 Å². The molecule has 4 fully saturated rings. The summed E-state index contributed by atoms with van der Waals surface area (Å²) >= 11 is 0. The fourth-order valence-electron chi connectivity index (χ4n) is 6.05. The van der Waals surface area contributed by atoms with Crippen LogP contribution in [0.2, 0.25) is 0 Å². The topological polar surface area (TPSA) is 40.6 Å². The molecule has 2 amide bonds. The van der Waals surface area contributed by atoms with Crippen molar-refractivity contribution in [1.82, 2.24) is 9.80 Å². The molecular formula is C22H36N2O2. The highest BCUT2D eigenvalue weighted by Gasteiger charge is 2.49. The molecule has 4 aliphatic rings. The van der Waals surface area contributed by atoms with Gasteiger partial charge in [0.25, 0.3) is 0 Å². The third-order valence-corrected chi connectivity index (χ3v) is 7.73. The minimum absolute atomic E-state index is 0.242. The molecule has 1 atom stereocenters. The predicted octanol–water partition coefficient (Wildman–Crippen LogP) is 3.99. The molecule has 0 aromatic heterocycles. The maximum atomic E-state index is 13.3. The minimum atomic E-state index is -0.251. The number of carbonyl (C=O) groups excluding carboxylic acids is 2. The van der Waals surface area contributed by atoms with Crippen molar-refractivity contribution in [2.24, 2.45) is 17.3 Å². The van der Waals surface area contributed by atoms with Gasteiger partial charge >= 0.3 is 0 Å². The van der Waals surface area contributed by atoms with Gasteiger partial charge in [0.2, 0.25) is 11.8 Å². The van der Waals surface area contributed by atoms with Crippen LogP contribution in [0.3, 0.4) is 0 Å². The molecule has 0 radical (unpaired) electrons. The summed E-state index contributed by atoms with van der Waals surface area (Å²) < 4.78 is 0. The van der Waals surface area contributed by atoms with E-state index in [1.165, 1.54) is 51.4 Å². The van der Waals surface area contributed by atoms with Crippen molar-refractivity contribution < 1.29 is 9.59 Å². The normalized spacial score (nSPS) is 31.3. The Labute approximate surface area is 158 Å². The summed E-state index contributed by atoms with van der Waals surface area (Å²) in [5.74, 6) is 1.78. The molecule has 4 heteroatoms. The van der Waals surface area contributed by atoms with Crippen molar-refractivity contribution in [3.05, 3.63) is 0 Å². The van der Waals surface area contributed by atoms with E-state index in [1.807, 2.05) is 4.90 Å². The van der Waals surface area contributed by atoms with Crippen molar-refractivity contribution in [3.8, 4) is 0 Å². The lowest BCUT2D eigenvalue weighted by molar-refractivity contribution is -0.146. The van der Waals surface area contributed by atoms with Crippen LogP contribution < -0.4 is 0 Å². The maximum Gasteiger partial charge on any atom is 0.230 e. The number of piperidine rings is 1. The summed E-state index contributed by atoms with van der Waals surface area (Å²) in [6.45, 7) is 3.38. The average molecular weight is 361 g/mol. The van der Waals surface area contributed by atoms with Crippen molar-refractivity contribution in [3.63, 3.8) is 0 Å². The molecule has 2 saturated carbocycles. The second-order valence-electron chi connectivity index (χ2n) is 9.46. The van der Waals surface area contributed by atoms with Gasteiger partial charge in [-0.15, -0.1) is 0 Å². The fourth-order valence-corrected chi connectivity index (χ4v) is 6.05. The lowest BCUT2D eigenvalue weighted by Gasteiger charge is -2.40. The van der Waals surface area contributed by atoms with E-state index in [-0.39, 0.29) is 11.3 Å². The Bertz CT molecular complexity index is 522. The fraction of sp³-hybridized carbons (Fsp3) is 0.909. The first kappa shape index (κ1) is 18.3. The van der Waals surface area contributed by atoms with Crippen molar-refractivity contribution >= 4 is 11.8 Å². The second-order valence-corrected chi connectivity index (χ2v) is 9.46. The van der Waals surface area contributed by atoms with E-state index >= 15 is 0 Å². The SMILES string of the molecule is O=C(C1CCCC1)N1CCC2(CCCN(CCC3CCCCC3)C2=O)C1. The summed E-state index contributed by atoms with van der Waals surface area (Å²) in [4.78, 5) is 30.3. The smallest absolute Gasteiger partial charge is 0.230 e. The highest BCUT2D eigenvalue weighted by atomic mass is 16.2. The van der Waals surface area contributed by atoms with Gasteiger partial charge in [-0.1, -0.05) is 44.9 Å². The number of hydrogen-bond acceptors (Lipinski definition) is 2. The molecule has 2 saturated heterocycles. The average Bonchev–Trinajstić information content (AvgIpc) is 3.34. The third kappa shape index (κ3) is 3.66. The first-order valence-corrected chi connectivity index (χ1v) is 11.3. The Morgan fingerprint density at radius 3 is 2.42 bits per heavy atom. The zero-order valence-electron chi connectivity index (χ0n) is 16.4. The van der Waals surface area contributed by atoms with E-state index in [0.717, 1.165) is 57.7 Å². The minimum Gasteiger partial charge on any atom is -0.342 e. The number of hydrogen-bond donors (Lipinski definition) is 0. The Hall–Kier alpha value is -1.06. The van der Waals surface area contributed by atoms with Gasteiger partial charge in [-0.05, 0) is 44.4 Å². The standard InChI is InChI=1S/C22H36N2O2/c25-20(19-9-4-5-10-19)24-16-13-22(17-24)12-6-14-23(21(22)26)15-11-18-7-2-1-3-8-18/h18-19H,1-17H2. The second kappa shape index (κ2) is 7.90. The van der Waals surface area contributed by atoms with Crippen LogP contribution in [0.1, 0.15) is 83.5 Å². The van der Waals surface area contributed by atoms with Crippen LogP contribution in [0, 0.1) is 17.3 Å². The number of amides is 2. The van der Waals surface area contributed by atoms with Crippen LogP contribution in [0.4, 0.5) is 0 Å². The Balaban J connectivity index is 1.34. The quantitative estimate of drug-likeness (QED) is 0.760. The Morgan fingerprint density at radius 2 is 1.65 bits per heavy atom. The van der Waals surface area contributed by atoms with Gasteiger partial charge in [0.15, 0.2) is 0 Å². The molecule has 2 aliphatic heterocycles. The molecule has 0 aromatic rings. The lowest BCUT2D eigenvalue weighted by Crippen LogP contribution is -2.51. The van der Waals surface area contributed by atoms with Gasteiger partial charge in [0.1, 0.15) is 0 Å². The lowest BCUT2D eigenvalue weighted by atomic mass is 9.78. The molecule has 4 nitrogen and oxygen atoms in total. The van der Waals surface area contributed by atoms with Crippen molar-refractivity contribution in [2.75, 3.05) is 26.2 Å². The highest BCUT2D eigenvalue weighted by Crippen LogP contribution is 2.41. The highest BCUT2D eigenvalue weighted by molar-refractivity contribution is 5.86. The number of rotatable bonds is 4. The van der Waals surface area contributed by atoms with Crippen LogP contribution in [-0.2, 0) is 9.59 Å². The molecule has 2 aliphatic carbocycles. The molecule has 2 heterocycles. The number of nitrogens with zero attached hydrogens (tertiary/aromatic N) is 2. The molecule has 1 unspecified atom stereocenters. The van der Waals surface area contributed by atoms with Crippen LogP contribution >= 0.6 is 0 Å². The van der Waals surface area contributed by atoms with Crippen LogP contribution in [0.15, 0.2) is 0 Å². The third-order valence-electron chi connectivity index (χ3n) is 7.73. The van der Waals surface area contributed by atoms with Gasteiger partial charge in [-0.3, -0.25) is 9.59 Å². The predicted molar refractivity (Wildman–Crippen MR) is 103 cm³/mol. The van der Waals surface area contributed by atoms with E-state index in [9.17, 15) is 9.59 Å². The van der Waals surface area contributed by atoms with E-state index in [2.05, 4.69) is 4.90 Å². The van der Waals surface area contributed by atoms with Gasteiger partial charge < -0.3 is 9.80 Å². The zero-order valence-corrected chi connectivity index (χ0v) is 16.4. The van der Waals surface area contributed by atoms with E-state index in [4.69, 9.17) is 0 Å². The monoisotopic (exact) mass is 360 g/mol. The van der Waals surface area contributed by atoms with Gasteiger partial charge in [0.05, 0.1) is 5.41 Å². The van der Waals surface area contributed by atoms with Crippen LogP contribution in [-0.4, -0.2) is 47.8 Å². The van der Waals surface area contributed by atoms with E-state index < -0.39 is 0 Å². The molecule has 4 rings (SSSR count). The summed E-state index contributed by atoms with van der Waals surface area (Å²) in [6.07, 6.45) is 15.6. The summed E-state index contributed by atoms with van der Waals surface area (Å²) in [6, 6.07) is 0. The molecule has 0 aromatic carbocycles. The molecule has 0 bridgehead atoms. The van der Waals surface area contributed by atoms with Gasteiger partial charge in [-0.25, -0.2) is 0 Å². The Kier molecular flexibility index (Phi) is 5.56. The largest absolute Gasteiger partial charge is 0.342 e. The zero-order chi connectivity index (χ0) is 18.0. The van der Waals surface area contributed by atoms with Crippen LogP contribution in [0.25, 0.3) is 0 Å². The molecule has 146 valence electrons. The molecule has 26 heavy (non-hydrogen) atoms. The first-order valence-electron chi connectivity index (χ1n) is 11.3. The number of likely N-dealkylation sites (tertiary alicyclic amines) is 2. The van der Waals surface area contributed by atoms with Crippen molar-refractivity contribution in [1.29, 1.82) is 0 Å². The summed E-state index contributed by atoms with van der Waals surface area (Å²) in [5.41, 5.74) is -0.251. The first-order chi connectivity index (χ1) is 12.7. The summed E-state index contributed by atoms with van der Waals surface area (Å²) in [5, 5.41) is 0.